The van der Waals surface area contributed by atoms with Crippen molar-refractivity contribution in [3.63, 3.8) is 0 Å². The smallest absolute Gasteiger partial charge is 0.322 e. The van der Waals surface area contributed by atoms with Crippen LogP contribution in [-0.4, -0.2) is 51.8 Å². The van der Waals surface area contributed by atoms with Gasteiger partial charge in [0.25, 0.3) is 0 Å². The van der Waals surface area contributed by atoms with E-state index in [9.17, 15) is 9.90 Å². The van der Waals surface area contributed by atoms with Crippen LogP contribution in [0, 0.1) is 0 Å². The lowest BCUT2D eigenvalue weighted by Crippen LogP contribution is -2.45. The number of hydrogen-bond donors (Lipinski definition) is 2. The van der Waals surface area contributed by atoms with Gasteiger partial charge in [0.15, 0.2) is 0 Å². The van der Waals surface area contributed by atoms with Gasteiger partial charge in [-0.25, -0.2) is 0 Å². The number of aliphatic hydroxyl groups is 1. The monoisotopic (exact) mass is 280 g/mol. The summed E-state index contributed by atoms with van der Waals surface area (Å²) in [6, 6.07) is 0.258. The van der Waals surface area contributed by atoms with Gasteiger partial charge < -0.3 is 9.52 Å². The number of aliphatic hydroxyl groups excluding tert-OH is 1. The van der Waals surface area contributed by atoms with Gasteiger partial charge in [0.1, 0.15) is 0 Å². The maximum Gasteiger partial charge on any atom is 0.322 e. The number of aromatic nitrogens is 2. The largest absolute Gasteiger partial charge is 0.408 e. The minimum atomic E-state index is -0.170. The molecular formula is C13H20N4O3. The van der Waals surface area contributed by atoms with E-state index in [0.717, 1.165) is 38.6 Å². The van der Waals surface area contributed by atoms with Crippen molar-refractivity contribution < 1.29 is 14.3 Å². The molecule has 7 heteroatoms. The van der Waals surface area contributed by atoms with E-state index in [1.54, 1.807) is 0 Å². The van der Waals surface area contributed by atoms with Crippen molar-refractivity contribution in [1.82, 2.24) is 15.1 Å². The van der Waals surface area contributed by atoms with Gasteiger partial charge in [0.2, 0.25) is 11.8 Å². The van der Waals surface area contributed by atoms with E-state index in [2.05, 4.69) is 15.5 Å². The number of anilines is 1. The zero-order valence-corrected chi connectivity index (χ0v) is 11.4. The van der Waals surface area contributed by atoms with Gasteiger partial charge in [-0.15, -0.1) is 5.10 Å². The number of likely N-dealkylation sites (tertiary alicyclic amines) is 1. The number of carbonyl (C=O) groups is 1. The first-order valence-electron chi connectivity index (χ1n) is 7.24. The Balaban J connectivity index is 1.52. The fraction of sp³-hybridized carbons (Fsp3) is 0.769. The molecule has 1 saturated heterocycles. The van der Waals surface area contributed by atoms with Crippen molar-refractivity contribution in [3.8, 4) is 0 Å². The Morgan fingerprint density at radius 3 is 2.95 bits per heavy atom. The fourth-order valence-corrected chi connectivity index (χ4v) is 2.60. The third-order valence-electron chi connectivity index (χ3n) is 3.92. The Morgan fingerprint density at radius 1 is 1.35 bits per heavy atom. The van der Waals surface area contributed by atoms with Crippen molar-refractivity contribution in [3.05, 3.63) is 5.89 Å². The molecule has 2 N–H and O–H groups in total. The Bertz CT molecular complexity index is 472. The lowest BCUT2D eigenvalue weighted by atomic mass is 10.0. The van der Waals surface area contributed by atoms with Gasteiger partial charge in [-0.3, -0.25) is 15.0 Å². The predicted molar refractivity (Wildman–Crippen MR) is 71.2 cm³/mol. The van der Waals surface area contributed by atoms with E-state index in [0.29, 0.717) is 11.8 Å². The van der Waals surface area contributed by atoms with Crippen LogP contribution in [0.1, 0.15) is 43.9 Å². The first kappa shape index (κ1) is 13.5. The molecule has 20 heavy (non-hydrogen) atoms. The van der Waals surface area contributed by atoms with E-state index < -0.39 is 0 Å². The molecule has 0 aromatic carbocycles. The van der Waals surface area contributed by atoms with Crippen molar-refractivity contribution >= 4 is 11.9 Å². The first-order chi connectivity index (χ1) is 9.76. The van der Waals surface area contributed by atoms with E-state index in [4.69, 9.17) is 4.42 Å². The molecule has 0 radical (unpaired) electrons. The highest BCUT2D eigenvalue weighted by atomic mass is 16.4. The van der Waals surface area contributed by atoms with E-state index in [1.807, 2.05) is 4.90 Å². The number of nitrogens with one attached hydrogen (secondary N) is 1. The molecule has 1 atom stereocenters. The summed E-state index contributed by atoms with van der Waals surface area (Å²) >= 11 is 0. The molecule has 1 saturated carbocycles. The van der Waals surface area contributed by atoms with Gasteiger partial charge in [-0.2, -0.15) is 0 Å². The summed E-state index contributed by atoms with van der Waals surface area (Å²) < 4.78 is 5.40. The Hall–Kier alpha value is -1.47. The Labute approximate surface area is 117 Å². The molecule has 1 aliphatic carbocycles. The zero-order chi connectivity index (χ0) is 13.9. The summed E-state index contributed by atoms with van der Waals surface area (Å²) in [6.07, 6.45) is 5.28. The molecule has 2 fully saturated rings. The number of carbonyl (C=O) groups excluding carboxylic acids is 1. The summed E-state index contributed by atoms with van der Waals surface area (Å²) in [5.41, 5.74) is 0. The SMILES string of the molecule is O=C(CN1CCCCC1CO)Nc1nnc(C2CC2)o1. The lowest BCUT2D eigenvalue weighted by molar-refractivity contribution is -0.118. The summed E-state index contributed by atoms with van der Waals surface area (Å²) in [4.78, 5) is 14.0. The summed E-state index contributed by atoms with van der Waals surface area (Å²) in [7, 11) is 0. The second-order valence-corrected chi connectivity index (χ2v) is 5.57. The fourth-order valence-electron chi connectivity index (χ4n) is 2.60. The normalized spacial score (nSPS) is 23.8. The second kappa shape index (κ2) is 5.88. The maximum absolute atomic E-state index is 12.0. The molecule has 1 amide bonds. The minimum absolute atomic E-state index is 0.0826. The summed E-state index contributed by atoms with van der Waals surface area (Å²) in [5.74, 6) is 0.830. The molecule has 1 aliphatic heterocycles. The number of rotatable bonds is 5. The molecule has 2 heterocycles. The lowest BCUT2D eigenvalue weighted by Gasteiger charge is -2.33. The van der Waals surface area contributed by atoms with Crippen LogP contribution in [0.25, 0.3) is 0 Å². The van der Waals surface area contributed by atoms with Crippen LogP contribution in [0.3, 0.4) is 0 Å². The molecule has 0 spiro atoms. The van der Waals surface area contributed by atoms with Crippen LogP contribution < -0.4 is 5.32 Å². The molecule has 1 aromatic heterocycles. The van der Waals surface area contributed by atoms with Crippen molar-refractivity contribution in [2.45, 2.75) is 44.1 Å². The van der Waals surface area contributed by atoms with Crippen molar-refractivity contribution in [2.75, 3.05) is 25.0 Å². The third-order valence-corrected chi connectivity index (χ3v) is 3.92. The molecule has 0 bridgehead atoms. The second-order valence-electron chi connectivity index (χ2n) is 5.57. The zero-order valence-electron chi connectivity index (χ0n) is 11.4. The number of nitrogens with zero attached hydrogens (tertiary/aromatic N) is 3. The van der Waals surface area contributed by atoms with Crippen molar-refractivity contribution in [2.24, 2.45) is 0 Å². The molecule has 1 unspecified atom stereocenters. The maximum atomic E-state index is 12.0. The first-order valence-corrected chi connectivity index (χ1v) is 7.24. The molecule has 2 aliphatic rings. The van der Waals surface area contributed by atoms with E-state index in [1.165, 1.54) is 0 Å². The Morgan fingerprint density at radius 2 is 2.20 bits per heavy atom. The highest BCUT2D eigenvalue weighted by Crippen LogP contribution is 2.39. The molecule has 3 rings (SSSR count). The highest BCUT2D eigenvalue weighted by molar-refractivity contribution is 5.90. The van der Waals surface area contributed by atoms with Crippen LogP contribution in [-0.2, 0) is 4.79 Å². The molecular weight excluding hydrogens is 260 g/mol. The Kier molecular flexibility index (Phi) is 3.98. The van der Waals surface area contributed by atoms with Crippen LogP contribution in [0.15, 0.2) is 4.42 Å². The van der Waals surface area contributed by atoms with Crippen LogP contribution >= 0.6 is 0 Å². The molecule has 110 valence electrons. The number of hydrogen-bond acceptors (Lipinski definition) is 6. The quantitative estimate of drug-likeness (QED) is 0.826. The highest BCUT2D eigenvalue weighted by Gasteiger charge is 2.30. The molecule has 1 aromatic rings. The van der Waals surface area contributed by atoms with E-state index >= 15 is 0 Å². The topological polar surface area (TPSA) is 91.5 Å². The van der Waals surface area contributed by atoms with Gasteiger partial charge in [0, 0.05) is 12.0 Å². The van der Waals surface area contributed by atoms with Gasteiger partial charge in [0.05, 0.1) is 13.2 Å². The standard InChI is InChI=1S/C13H20N4O3/c18-8-10-3-1-2-6-17(10)7-11(19)14-13-16-15-12(20-13)9-4-5-9/h9-10,18H,1-8H2,(H,14,16,19). The van der Waals surface area contributed by atoms with Crippen LogP contribution in [0.4, 0.5) is 6.01 Å². The number of piperidine rings is 1. The number of amides is 1. The van der Waals surface area contributed by atoms with Crippen LogP contribution in [0.5, 0.6) is 0 Å². The van der Waals surface area contributed by atoms with E-state index in [-0.39, 0.29) is 31.1 Å². The van der Waals surface area contributed by atoms with Gasteiger partial charge in [-0.1, -0.05) is 11.5 Å². The van der Waals surface area contributed by atoms with Gasteiger partial charge in [-0.05, 0) is 32.2 Å². The molecule has 7 nitrogen and oxygen atoms in total. The summed E-state index contributed by atoms with van der Waals surface area (Å²) in [5, 5.41) is 19.7. The summed E-state index contributed by atoms with van der Waals surface area (Å²) in [6.45, 7) is 1.20. The van der Waals surface area contributed by atoms with Gasteiger partial charge >= 0.3 is 6.01 Å². The minimum Gasteiger partial charge on any atom is -0.408 e. The predicted octanol–water partition coefficient (Wildman–Crippen LogP) is 0.732. The van der Waals surface area contributed by atoms with Crippen LogP contribution in [0.2, 0.25) is 0 Å². The average Bonchev–Trinajstić information content (AvgIpc) is 3.20. The average molecular weight is 280 g/mol. The van der Waals surface area contributed by atoms with Crippen molar-refractivity contribution in [1.29, 1.82) is 0 Å². The third kappa shape index (κ3) is 3.16.